The van der Waals surface area contributed by atoms with Crippen LogP contribution in [0.4, 0.5) is 5.82 Å². The van der Waals surface area contributed by atoms with Gasteiger partial charge in [0.25, 0.3) is 0 Å². The predicted octanol–water partition coefficient (Wildman–Crippen LogP) is 2.91. The van der Waals surface area contributed by atoms with Crippen LogP contribution in [0.5, 0.6) is 5.75 Å². The lowest BCUT2D eigenvalue weighted by Crippen LogP contribution is -2.45. The third-order valence-electron chi connectivity index (χ3n) is 5.45. The minimum absolute atomic E-state index is 0.771. The molecule has 1 aromatic carbocycles. The Kier molecular flexibility index (Phi) is 5.90. The Morgan fingerprint density at radius 1 is 1.00 bits per heavy atom. The monoisotopic (exact) mass is 366 g/mol. The van der Waals surface area contributed by atoms with Gasteiger partial charge in [0.05, 0.1) is 6.61 Å². The van der Waals surface area contributed by atoms with Crippen molar-refractivity contribution in [3.63, 3.8) is 0 Å². The van der Waals surface area contributed by atoms with Crippen LogP contribution in [-0.4, -0.2) is 49.7 Å². The summed E-state index contributed by atoms with van der Waals surface area (Å²) in [5.74, 6) is 2.91. The van der Waals surface area contributed by atoms with E-state index in [0.717, 1.165) is 63.4 Å². The Morgan fingerprint density at radius 2 is 1.74 bits per heavy atom. The first kappa shape index (κ1) is 18.3. The predicted molar refractivity (Wildman–Crippen MR) is 109 cm³/mol. The van der Waals surface area contributed by atoms with Gasteiger partial charge in [0.15, 0.2) is 0 Å². The Bertz CT molecular complexity index is 739. The molecule has 0 unspecified atom stereocenters. The maximum absolute atomic E-state index is 6.03. The number of aromatic nitrogens is 1. The zero-order valence-electron chi connectivity index (χ0n) is 16.2. The second-order valence-corrected chi connectivity index (χ2v) is 7.74. The number of rotatable bonds is 8. The molecule has 1 aliphatic carbocycles. The molecule has 5 nitrogen and oxygen atoms in total. The van der Waals surface area contributed by atoms with Crippen molar-refractivity contribution in [2.24, 2.45) is 5.92 Å². The molecule has 27 heavy (non-hydrogen) atoms. The normalized spacial score (nSPS) is 17.9. The lowest BCUT2D eigenvalue weighted by molar-refractivity contribution is 0.296. The summed E-state index contributed by atoms with van der Waals surface area (Å²) >= 11 is 0. The molecule has 1 saturated heterocycles. The SMILES string of the molecule is CN1CCN(c2ncccc2CNCc2ccccc2OCC2CC2)CC1. The molecule has 0 radical (unpaired) electrons. The minimum atomic E-state index is 0.771. The van der Waals surface area contributed by atoms with Crippen LogP contribution in [0.25, 0.3) is 0 Å². The second-order valence-electron chi connectivity index (χ2n) is 7.74. The molecule has 144 valence electrons. The zero-order chi connectivity index (χ0) is 18.5. The molecule has 0 amide bonds. The third kappa shape index (κ3) is 4.99. The number of piperazine rings is 1. The summed E-state index contributed by atoms with van der Waals surface area (Å²) in [6.07, 6.45) is 4.53. The highest BCUT2D eigenvalue weighted by molar-refractivity contribution is 5.47. The van der Waals surface area contributed by atoms with Crippen molar-refractivity contribution in [2.45, 2.75) is 25.9 Å². The smallest absolute Gasteiger partial charge is 0.133 e. The van der Waals surface area contributed by atoms with Gasteiger partial charge in [-0.05, 0) is 37.9 Å². The Balaban J connectivity index is 1.35. The first-order valence-electron chi connectivity index (χ1n) is 10.1. The Morgan fingerprint density at radius 3 is 2.56 bits per heavy atom. The number of hydrogen-bond acceptors (Lipinski definition) is 5. The summed E-state index contributed by atoms with van der Waals surface area (Å²) in [6.45, 7) is 6.73. The minimum Gasteiger partial charge on any atom is -0.493 e. The number of nitrogens with zero attached hydrogens (tertiary/aromatic N) is 3. The number of para-hydroxylation sites is 1. The molecule has 2 aliphatic rings. The average molecular weight is 367 g/mol. The fraction of sp³-hybridized carbons (Fsp3) is 0.500. The van der Waals surface area contributed by atoms with Gasteiger partial charge in [-0.15, -0.1) is 0 Å². The largest absolute Gasteiger partial charge is 0.493 e. The third-order valence-corrected chi connectivity index (χ3v) is 5.45. The van der Waals surface area contributed by atoms with Gasteiger partial charge in [0, 0.05) is 56.6 Å². The zero-order valence-corrected chi connectivity index (χ0v) is 16.2. The topological polar surface area (TPSA) is 40.6 Å². The number of hydrogen-bond donors (Lipinski definition) is 1. The molecule has 2 fully saturated rings. The van der Waals surface area contributed by atoms with E-state index in [9.17, 15) is 0 Å². The molecule has 1 aliphatic heterocycles. The van der Waals surface area contributed by atoms with Crippen molar-refractivity contribution in [1.29, 1.82) is 0 Å². The van der Waals surface area contributed by atoms with Crippen LogP contribution in [0.2, 0.25) is 0 Å². The molecule has 2 aromatic rings. The molecule has 0 bridgehead atoms. The van der Waals surface area contributed by atoms with E-state index in [4.69, 9.17) is 4.74 Å². The van der Waals surface area contributed by atoms with Crippen molar-refractivity contribution in [1.82, 2.24) is 15.2 Å². The van der Waals surface area contributed by atoms with Crippen molar-refractivity contribution >= 4 is 5.82 Å². The van der Waals surface area contributed by atoms with E-state index in [1.807, 2.05) is 12.3 Å². The molecule has 0 spiro atoms. The first-order valence-corrected chi connectivity index (χ1v) is 10.1. The molecular weight excluding hydrogens is 336 g/mol. The average Bonchev–Trinajstić information content (AvgIpc) is 3.53. The molecule has 1 N–H and O–H groups in total. The summed E-state index contributed by atoms with van der Waals surface area (Å²) in [5.41, 5.74) is 2.49. The highest BCUT2D eigenvalue weighted by Gasteiger charge is 2.22. The van der Waals surface area contributed by atoms with Gasteiger partial charge in [-0.25, -0.2) is 4.98 Å². The fourth-order valence-corrected chi connectivity index (χ4v) is 3.49. The van der Waals surface area contributed by atoms with Crippen molar-refractivity contribution in [3.05, 3.63) is 53.7 Å². The molecule has 5 heteroatoms. The van der Waals surface area contributed by atoms with Crippen molar-refractivity contribution in [3.8, 4) is 5.75 Å². The quantitative estimate of drug-likeness (QED) is 0.778. The summed E-state index contributed by atoms with van der Waals surface area (Å²) in [6, 6.07) is 12.6. The van der Waals surface area contributed by atoms with Gasteiger partial charge >= 0.3 is 0 Å². The van der Waals surface area contributed by atoms with E-state index in [0.29, 0.717) is 0 Å². The number of likely N-dealkylation sites (N-methyl/N-ethyl adjacent to an activating group) is 1. The first-order chi connectivity index (χ1) is 13.3. The van der Waals surface area contributed by atoms with Crippen LogP contribution in [0, 0.1) is 5.92 Å². The van der Waals surface area contributed by atoms with Gasteiger partial charge in [0.1, 0.15) is 11.6 Å². The van der Waals surface area contributed by atoms with Gasteiger partial charge < -0.3 is 19.9 Å². The van der Waals surface area contributed by atoms with Gasteiger partial charge in [-0.3, -0.25) is 0 Å². The van der Waals surface area contributed by atoms with E-state index in [1.54, 1.807) is 0 Å². The Labute approximate surface area is 162 Å². The van der Waals surface area contributed by atoms with Crippen LogP contribution in [0.1, 0.15) is 24.0 Å². The van der Waals surface area contributed by atoms with Crippen LogP contribution < -0.4 is 15.0 Å². The molecule has 1 saturated carbocycles. The maximum atomic E-state index is 6.03. The number of anilines is 1. The number of ether oxygens (including phenoxy) is 1. The van der Waals surface area contributed by atoms with Crippen molar-refractivity contribution < 1.29 is 4.74 Å². The molecule has 2 heterocycles. The molecule has 1 aromatic heterocycles. The summed E-state index contributed by atoms with van der Waals surface area (Å²) in [5, 5.41) is 3.59. The van der Waals surface area contributed by atoms with E-state index in [1.165, 1.54) is 24.0 Å². The van der Waals surface area contributed by atoms with Crippen LogP contribution in [0.15, 0.2) is 42.6 Å². The van der Waals surface area contributed by atoms with E-state index >= 15 is 0 Å². The molecule has 0 atom stereocenters. The lowest BCUT2D eigenvalue weighted by atomic mass is 10.2. The summed E-state index contributed by atoms with van der Waals surface area (Å²) in [7, 11) is 2.18. The van der Waals surface area contributed by atoms with Gasteiger partial charge in [-0.2, -0.15) is 0 Å². The molecular formula is C22H30N4O. The van der Waals surface area contributed by atoms with E-state index in [2.05, 4.69) is 57.5 Å². The number of nitrogens with one attached hydrogen (secondary N) is 1. The highest BCUT2D eigenvalue weighted by atomic mass is 16.5. The Hall–Kier alpha value is -2.11. The number of pyridine rings is 1. The van der Waals surface area contributed by atoms with Gasteiger partial charge in [-0.1, -0.05) is 24.3 Å². The van der Waals surface area contributed by atoms with E-state index in [-0.39, 0.29) is 0 Å². The van der Waals surface area contributed by atoms with Crippen LogP contribution >= 0.6 is 0 Å². The maximum Gasteiger partial charge on any atom is 0.133 e. The second kappa shape index (κ2) is 8.72. The van der Waals surface area contributed by atoms with E-state index < -0.39 is 0 Å². The fourth-order valence-electron chi connectivity index (χ4n) is 3.49. The number of benzene rings is 1. The highest BCUT2D eigenvalue weighted by Crippen LogP contribution is 2.30. The lowest BCUT2D eigenvalue weighted by Gasteiger charge is -2.34. The molecule has 4 rings (SSSR count). The standard InChI is InChI=1S/C22H30N4O/c1-25-11-13-26(14-12-25)22-20(6-4-10-24-22)16-23-15-19-5-2-3-7-21(19)27-17-18-8-9-18/h2-7,10,18,23H,8-9,11-17H2,1H3. The van der Waals surface area contributed by atoms with Crippen LogP contribution in [-0.2, 0) is 13.1 Å². The summed E-state index contributed by atoms with van der Waals surface area (Å²) < 4.78 is 6.03. The summed E-state index contributed by atoms with van der Waals surface area (Å²) in [4.78, 5) is 9.45. The van der Waals surface area contributed by atoms with Gasteiger partial charge in [0.2, 0.25) is 0 Å². The van der Waals surface area contributed by atoms with Crippen molar-refractivity contribution in [2.75, 3.05) is 44.7 Å². The van der Waals surface area contributed by atoms with Crippen LogP contribution in [0.3, 0.4) is 0 Å².